The standard InChI is InChI=1S/C15H25BrN2/c1-13(2)17-10-4-5-11-18(3)12-14-6-8-15(16)9-7-14/h6-9,13,17H,4-5,10-12H2,1-3H3. The number of hydrogen-bond donors (Lipinski definition) is 1. The van der Waals surface area contributed by atoms with Gasteiger partial charge in [0.15, 0.2) is 0 Å². The first-order chi connectivity index (χ1) is 8.58. The van der Waals surface area contributed by atoms with Crippen LogP contribution < -0.4 is 5.32 Å². The van der Waals surface area contributed by atoms with Gasteiger partial charge >= 0.3 is 0 Å². The molecule has 1 rings (SSSR count). The zero-order chi connectivity index (χ0) is 13.4. The number of nitrogens with zero attached hydrogens (tertiary/aromatic N) is 1. The topological polar surface area (TPSA) is 15.3 Å². The van der Waals surface area contributed by atoms with Crippen LogP contribution in [0.5, 0.6) is 0 Å². The van der Waals surface area contributed by atoms with Crippen molar-refractivity contribution in [1.82, 2.24) is 10.2 Å². The molecule has 0 unspecified atom stereocenters. The molecule has 0 aliphatic carbocycles. The van der Waals surface area contributed by atoms with Gasteiger partial charge in [-0.15, -0.1) is 0 Å². The summed E-state index contributed by atoms with van der Waals surface area (Å²) >= 11 is 3.46. The molecule has 0 spiro atoms. The van der Waals surface area contributed by atoms with Crippen molar-refractivity contribution < 1.29 is 0 Å². The summed E-state index contributed by atoms with van der Waals surface area (Å²) in [4.78, 5) is 2.39. The van der Waals surface area contributed by atoms with Gasteiger partial charge in [0.2, 0.25) is 0 Å². The lowest BCUT2D eigenvalue weighted by Crippen LogP contribution is -2.25. The Kier molecular flexibility index (Phi) is 7.56. The van der Waals surface area contributed by atoms with Crippen molar-refractivity contribution in [3.63, 3.8) is 0 Å². The highest BCUT2D eigenvalue weighted by atomic mass is 79.9. The average Bonchev–Trinajstić information content (AvgIpc) is 2.31. The van der Waals surface area contributed by atoms with Crippen LogP contribution >= 0.6 is 15.9 Å². The highest BCUT2D eigenvalue weighted by Gasteiger charge is 2.00. The lowest BCUT2D eigenvalue weighted by Gasteiger charge is -2.17. The molecule has 1 aromatic rings. The van der Waals surface area contributed by atoms with Crippen molar-refractivity contribution in [3.05, 3.63) is 34.3 Å². The van der Waals surface area contributed by atoms with E-state index < -0.39 is 0 Å². The number of hydrogen-bond acceptors (Lipinski definition) is 2. The highest BCUT2D eigenvalue weighted by molar-refractivity contribution is 9.10. The van der Waals surface area contributed by atoms with E-state index in [0.29, 0.717) is 6.04 Å². The second kappa shape index (κ2) is 8.68. The third-order valence-electron chi connectivity index (χ3n) is 2.88. The van der Waals surface area contributed by atoms with Gasteiger partial charge in [0.1, 0.15) is 0 Å². The van der Waals surface area contributed by atoms with Gasteiger partial charge in [-0.1, -0.05) is 41.9 Å². The van der Waals surface area contributed by atoms with Crippen molar-refractivity contribution in [1.29, 1.82) is 0 Å². The molecule has 18 heavy (non-hydrogen) atoms. The van der Waals surface area contributed by atoms with Gasteiger partial charge in [-0.25, -0.2) is 0 Å². The first-order valence-electron chi connectivity index (χ1n) is 6.74. The van der Waals surface area contributed by atoms with Crippen LogP contribution in [-0.4, -0.2) is 31.1 Å². The highest BCUT2D eigenvalue weighted by Crippen LogP contribution is 2.11. The zero-order valence-electron chi connectivity index (χ0n) is 11.7. The summed E-state index contributed by atoms with van der Waals surface area (Å²) in [6, 6.07) is 9.18. The quantitative estimate of drug-likeness (QED) is 0.737. The minimum atomic E-state index is 0.602. The minimum absolute atomic E-state index is 0.602. The molecule has 3 heteroatoms. The molecule has 0 aromatic heterocycles. The molecule has 102 valence electrons. The summed E-state index contributed by atoms with van der Waals surface area (Å²) in [5.74, 6) is 0. The fourth-order valence-electron chi connectivity index (χ4n) is 1.88. The summed E-state index contributed by atoms with van der Waals surface area (Å²) in [5.41, 5.74) is 1.38. The SMILES string of the molecule is CC(C)NCCCCN(C)Cc1ccc(Br)cc1. The van der Waals surface area contributed by atoms with Gasteiger partial charge in [0.25, 0.3) is 0 Å². The Morgan fingerprint density at radius 1 is 1.17 bits per heavy atom. The van der Waals surface area contributed by atoms with E-state index in [1.807, 2.05) is 0 Å². The molecule has 0 aliphatic rings. The van der Waals surface area contributed by atoms with E-state index in [1.165, 1.54) is 18.4 Å². The number of rotatable bonds is 8. The number of halogens is 1. The molecular weight excluding hydrogens is 288 g/mol. The third-order valence-corrected chi connectivity index (χ3v) is 3.41. The van der Waals surface area contributed by atoms with E-state index in [4.69, 9.17) is 0 Å². The monoisotopic (exact) mass is 312 g/mol. The predicted octanol–water partition coefficient (Wildman–Crippen LogP) is 3.66. The molecule has 0 saturated heterocycles. The Morgan fingerprint density at radius 3 is 2.44 bits per heavy atom. The van der Waals surface area contributed by atoms with Crippen LogP contribution in [0.2, 0.25) is 0 Å². The van der Waals surface area contributed by atoms with Crippen molar-refractivity contribution in [2.75, 3.05) is 20.1 Å². The Bertz CT molecular complexity index is 322. The summed E-state index contributed by atoms with van der Waals surface area (Å²) in [7, 11) is 2.19. The van der Waals surface area contributed by atoms with Crippen molar-refractivity contribution >= 4 is 15.9 Å². The summed E-state index contributed by atoms with van der Waals surface area (Å²) in [5, 5.41) is 3.45. The molecule has 0 bridgehead atoms. The van der Waals surface area contributed by atoms with Crippen LogP contribution in [0, 0.1) is 0 Å². The molecule has 2 nitrogen and oxygen atoms in total. The van der Waals surface area contributed by atoms with Gasteiger partial charge in [0.05, 0.1) is 0 Å². The lowest BCUT2D eigenvalue weighted by atomic mass is 10.2. The van der Waals surface area contributed by atoms with Crippen molar-refractivity contribution in [2.24, 2.45) is 0 Å². The van der Waals surface area contributed by atoms with Gasteiger partial charge in [-0.3, -0.25) is 0 Å². The molecule has 1 N–H and O–H groups in total. The second-order valence-electron chi connectivity index (χ2n) is 5.18. The summed E-state index contributed by atoms with van der Waals surface area (Å²) in [6.07, 6.45) is 2.51. The molecule has 0 amide bonds. The Hall–Kier alpha value is -0.380. The maximum Gasteiger partial charge on any atom is 0.0230 e. The maximum atomic E-state index is 3.46. The molecule has 0 atom stereocenters. The fourth-order valence-corrected chi connectivity index (χ4v) is 2.14. The molecule has 1 aromatic carbocycles. The van der Waals surface area contributed by atoms with E-state index in [9.17, 15) is 0 Å². The van der Waals surface area contributed by atoms with Crippen LogP contribution in [0.4, 0.5) is 0 Å². The van der Waals surface area contributed by atoms with Gasteiger partial charge < -0.3 is 10.2 Å². The molecular formula is C15H25BrN2. The smallest absolute Gasteiger partial charge is 0.0230 e. The second-order valence-corrected chi connectivity index (χ2v) is 6.10. The molecule has 0 fully saturated rings. The molecule has 0 aliphatic heterocycles. The van der Waals surface area contributed by atoms with Crippen molar-refractivity contribution in [2.45, 2.75) is 39.3 Å². The summed E-state index contributed by atoms with van der Waals surface area (Å²) < 4.78 is 1.15. The number of benzene rings is 1. The first-order valence-corrected chi connectivity index (χ1v) is 7.53. The Balaban J connectivity index is 2.13. The van der Waals surface area contributed by atoms with E-state index in [2.05, 4.69) is 71.3 Å². The summed E-state index contributed by atoms with van der Waals surface area (Å²) in [6.45, 7) is 7.71. The van der Waals surface area contributed by atoms with Crippen LogP contribution in [-0.2, 0) is 6.54 Å². The normalized spacial score (nSPS) is 11.4. The fraction of sp³-hybridized carbons (Fsp3) is 0.600. The molecule has 0 radical (unpaired) electrons. The van der Waals surface area contributed by atoms with Gasteiger partial charge in [-0.05, 0) is 50.7 Å². The van der Waals surface area contributed by atoms with E-state index in [0.717, 1.165) is 24.1 Å². The Labute approximate surface area is 120 Å². The minimum Gasteiger partial charge on any atom is -0.315 e. The maximum absolute atomic E-state index is 3.46. The lowest BCUT2D eigenvalue weighted by molar-refractivity contribution is 0.317. The van der Waals surface area contributed by atoms with Crippen LogP contribution in [0.25, 0.3) is 0 Å². The number of nitrogens with one attached hydrogen (secondary N) is 1. The van der Waals surface area contributed by atoms with Crippen LogP contribution in [0.15, 0.2) is 28.7 Å². The van der Waals surface area contributed by atoms with Gasteiger partial charge in [0, 0.05) is 17.1 Å². The van der Waals surface area contributed by atoms with Crippen LogP contribution in [0.3, 0.4) is 0 Å². The van der Waals surface area contributed by atoms with Crippen LogP contribution in [0.1, 0.15) is 32.3 Å². The van der Waals surface area contributed by atoms with E-state index >= 15 is 0 Å². The molecule has 0 heterocycles. The average molecular weight is 313 g/mol. The third kappa shape index (κ3) is 7.14. The first kappa shape index (κ1) is 15.7. The molecule has 0 saturated carbocycles. The Morgan fingerprint density at radius 2 is 1.83 bits per heavy atom. The van der Waals surface area contributed by atoms with Crippen molar-refractivity contribution in [3.8, 4) is 0 Å². The number of unbranched alkanes of at least 4 members (excludes halogenated alkanes) is 1. The predicted molar refractivity (Wildman–Crippen MR) is 82.8 cm³/mol. The zero-order valence-corrected chi connectivity index (χ0v) is 13.3. The van der Waals surface area contributed by atoms with E-state index in [1.54, 1.807) is 0 Å². The van der Waals surface area contributed by atoms with Gasteiger partial charge in [-0.2, -0.15) is 0 Å². The van der Waals surface area contributed by atoms with E-state index in [-0.39, 0.29) is 0 Å². The largest absolute Gasteiger partial charge is 0.315 e.